The quantitative estimate of drug-likeness (QED) is 0.207. The van der Waals surface area contributed by atoms with Crippen molar-refractivity contribution >= 4 is 49.7 Å². The number of carbonyl (C=O) groups excluding carboxylic acids is 1. The van der Waals surface area contributed by atoms with Crippen molar-refractivity contribution in [1.82, 2.24) is 14.7 Å². The van der Waals surface area contributed by atoms with Crippen LogP contribution in [0.1, 0.15) is 30.3 Å². The van der Waals surface area contributed by atoms with Crippen molar-refractivity contribution in [3.8, 4) is 0 Å². The zero-order valence-electron chi connectivity index (χ0n) is 14.0. The fourth-order valence-electron chi connectivity index (χ4n) is 1.88. The molecule has 0 unspecified atom stereocenters. The molecule has 0 fully saturated rings. The molecule has 0 saturated heterocycles. The molecule has 26 heavy (non-hydrogen) atoms. The molecule has 1 aromatic carbocycles. The van der Waals surface area contributed by atoms with Crippen LogP contribution in [-0.2, 0) is 10.0 Å². The second-order valence-electron chi connectivity index (χ2n) is 5.19. The standard InChI is InChI=1S/C15H19N5O3S3/c1-2-3-9-17-14(24)19-15-18-12(10-25-15)13(21)20(16)26(22,23)11-7-5-4-6-8-11/h4-8,10H,2-3,9,16H2,1H3,(H2,17,18,19,24). The van der Waals surface area contributed by atoms with Crippen molar-refractivity contribution in [1.29, 1.82) is 0 Å². The van der Waals surface area contributed by atoms with Crippen molar-refractivity contribution in [3.63, 3.8) is 0 Å². The van der Waals surface area contributed by atoms with E-state index in [1.165, 1.54) is 17.5 Å². The van der Waals surface area contributed by atoms with Crippen LogP contribution in [0.3, 0.4) is 0 Å². The number of rotatable bonds is 7. The molecule has 2 aromatic rings. The van der Waals surface area contributed by atoms with E-state index in [0.29, 0.717) is 10.2 Å². The molecule has 8 nitrogen and oxygen atoms in total. The number of hydrazine groups is 1. The minimum atomic E-state index is -4.15. The number of nitrogens with one attached hydrogen (secondary N) is 2. The van der Waals surface area contributed by atoms with Gasteiger partial charge in [-0.15, -0.1) is 11.3 Å². The average molecular weight is 414 g/mol. The minimum absolute atomic E-state index is 0.0780. The molecule has 4 N–H and O–H groups in total. The van der Waals surface area contributed by atoms with E-state index in [9.17, 15) is 13.2 Å². The number of thiocarbonyl (C=S) groups is 1. The summed E-state index contributed by atoms with van der Waals surface area (Å²) < 4.78 is 25.0. The second kappa shape index (κ2) is 9.03. The number of anilines is 1. The molecule has 1 amide bonds. The van der Waals surface area contributed by atoms with Gasteiger partial charge in [0, 0.05) is 11.9 Å². The summed E-state index contributed by atoms with van der Waals surface area (Å²) in [4.78, 5) is 16.3. The summed E-state index contributed by atoms with van der Waals surface area (Å²) in [6, 6.07) is 7.47. The summed E-state index contributed by atoms with van der Waals surface area (Å²) in [5, 5.41) is 8.03. The normalized spacial score (nSPS) is 11.0. The number of unbranched alkanes of at least 4 members (excludes halogenated alkanes) is 1. The lowest BCUT2D eigenvalue weighted by Gasteiger charge is -2.15. The highest BCUT2D eigenvalue weighted by Gasteiger charge is 2.29. The maximum Gasteiger partial charge on any atom is 0.301 e. The lowest BCUT2D eigenvalue weighted by atomic mass is 10.3. The molecule has 0 aliphatic carbocycles. The Hall–Kier alpha value is -2.08. The SMILES string of the molecule is CCCCNC(=S)Nc1nc(C(=O)N(N)S(=O)(=O)c2ccccc2)cs1. The van der Waals surface area contributed by atoms with Gasteiger partial charge in [0.2, 0.25) is 0 Å². The Morgan fingerprint density at radius 1 is 1.35 bits per heavy atom. The first-order valence-corrected chi connectivity index (χ1v) is 10.5. The largest absolute Gasteiger partial charge is 0.362 e. The number of benzene rings is 1. The zero-order chi connectivity index (χ0) is 19.2. The molecule has 0 radical (unpaired) electrons. The van der Waals surface area contributed by atoms with Gasteiger partial charge in [-0.25, -0.2) is 10.8 Å². The van der Waals surface area contributed by atoms with Gasteiger partial charge in [-0.05, 0) is 30.8 Å². The molecular weight excluding hydrogens is 394 g/mol. The third-order valence-corrected chi connectivity index (χ3v) is 5.82. The summed E-state index contributed by atoms with van der Waals surface area (Å²) in [7, 11) is -4.15. The van der Waals surface area contributed by atoms with Crippen LogP contribution in [0.4, 0.5) is 5.13 Å². The van der Waals surface area contributed by atoms with Crippen LogP contribution >= 0.6 is 23.6 Å². The van der Waals surface area contributed by atoms with Crippen molar-refractivity contribution < 1.29 is 13.2 Å². The number of hydrogen-bond acceptors (Lipinski definition) is 7. The van der Waals surface area contributed by atoms with Crippen molar-refractivity contribution in [3.05, 3.63) is 41.4 Å². The minimum Gasteiger partial charge on any atom is -0.362 e. The van der Waals surface area contributed by atoms with Gasteiger partial charge in [0.15, 0.2) is 10.2 Å². The van der Waals surface area contributed by atoms with Crippen molar-refractivity contribution in [2.24, 2.45) is 5.84 Å². The Labute approximate surface area is 161 Å². The Kier molecular flexibility index (Phi) is 7.03. The second-order valence-corrected chi connectivity index (χ2v) is 8.27. The maximum absolute atomic E-state index is 12.4. The van der Waals surface area contributed by atoms with Crippen LogP contribution in [-0.4, -0.2) is 35.4 Å². The summed E-state index contributed by atoms with van der Waals surface area (Å²) in [5.41, 5.74) is -0.0872. The van der Waals surface area contributed by atoms with Crippen molar-refractivity contribution in [2.45, 2.75) is 24.7 Å². The summed E-state index contributed by atoms with van der Waals surface area (Å²) in [6.45, 7) is 2.80. The molecule has 1 heterocycles. The first-order valence-electron chi connectivity index (χ1n) is 7.76. The zero-order valence-corrected chi connectivity index (χ0v) is 16.5. The third kappa shape index (κ3) is 4.97. The number of sulfonamides is 1. The Balaban J connectivity index is 2.06. The summed E-state index contributed by atoms with van der Waals surface area (Å²) >= 11 is 6.25. The fourth-order valence-corrected chi connectivity index (χ4v) is 3.87. The number of aromatic nitrogens is 1. The lowest BCUT2D eigenvalue weighted by molar-refractivity contribution is 0.0856. The number of carbonyl (C=O) groups is 1. The van der Waals surface area contributed by atoms with Gasteiger partial charge in [-0.3, -0.25) is 4.79 Å². The van der Waals surface area contributed by atoms with E-state index in [1.54, 1.807) is 18.2 Å². The molecule has 1 aromatic heterocycles. The summed E-state index contributed by atoms with van der Waals surface area (Å²) in [6.07, 6.45) is 2.01. The van der Waals surface area contributed by atoms with Crippen LogP contribution in [0.15, 0.2) is 40.6 Å². The van der Waals surface area contributed by atoms with E-state index >= 15 is 0 Å². The van der Waals surface area contributed by atoms with E-state index in [1.807, 2.05) is 0 Å². The molecular formula is C15H19N5O3S3. The first kappa shape index (κ1) is 20.2. The Bertz CT molecular complexity index is 868. The number of nitrogens with two attached hydrogens (primary N) is 1. The number of nitrogens with zero attached hydrogens (tertiary/aromatic N) is 2. The summed E-state index contributed by atoms with van der Waals surface area (Å²) in [5.74, 6) is 4.62. The number of thiazole rings is 1. The first-order chi connectivity index (χ1) is 12.4. The molecule has 140 valence electrons. The van der Waals surface area contributed by atoms with Gasteiger partial charge in [0.25, 0.3) is 10.0 Å². The van der Waals surface area contributed by atoms with Crippen LogP contribution in [0.25, 0.3) is 0 Å². The predicted octanol–water partition coefficient (Wildman–Crippen LogP) is 1.93. The number of hydrogen-bond donors (Lipinski definition) is 3. The topological polar surface area (TPSA) is 117 Å². The van der Waals surface area contributed by atoms with Gasteiger partial charge in [-0.2, -0.15) is 12.8 Å². The molecule has 0 atom stereocenters. The van der Waals surface area contributed by atoms with Crippen molar-refractivity contribution in [2.75, 3.05) is 11.9 Å². The van der Waals surface area contributed by atoms with E-state index in [2.05, 4.69) is 22.5 Å². The van der Waals surface area contributed by atoms with Gasteiger partial charge in [-0.1, -0.05) is 31.5 Å². The molecule has 11 heteroatoms. The lowest BCUT2D eigenvalue weighted by Crippen LogP contribution is -2.42. The van der Waals surface area contributed by atoms with Gasteiger partial charge in [0.05, 0.1) is 4.90 Å². The van der Waals surface area contributed by atoms with E-state index < -0.39 is 15.9 Å². The van der Waals surface area contributed by atoms with Crippen LogP contribution < -0.4 is 16.5 Å². The highest BCUT2D eigenvalue weighted by atomic mass is 32.2. The van der Waals surface area contributed by atoms with E-state index in [4.69, 9.17) is 18.1 Å². The molecule has 2 rings (SSSR count). The molecule has 0 aliphatic rings. The number of amides is 1. The third-order valence-electron chi connectivity index (χ3n) is 3.26. The predicted molar refractivity (Wildman–Crippen MR) is 105 cm³/mol. The van der Waals surface area contributed by atoms with E-state index in [-0.39, 0.29) is 15.0 Å². The Morgan fingerprint density at radius 2 is 2.04 bits per heavy atom. The highest BCUT2D eigenvalue weighted by molar-refractivity contribution is 7.89. The monoisotopic (exact) mass is 413 g/mol. The molecule has 0 aliphatic heterocycles. The van der Waals surface area contributed by atoms with Crippen LogP contribution in [0.2, 0.25) is 0 Å². The van der Waals surface area contributed by atoms with Gasteiger partial charge in [0.1, 0.15) is 5.69 Å². The van der Waals surface area contributed by atoms with Gasteiger partial charge < -0.3 is 10.6 Å². The molecule has 0 bridgehead atoms. The molecule has 0 spiro atoms. The fraction of sp³-hybridized carbons (Fsp3) is 0.267. The highest BCUT2D eigenvalue weighted by Crippen LogP contribution is 2.19. The average Bonchev–Trinajstić information content (AvgIpc) is 3.09. The van der Waals surface area contributed by atoms with E-state index in [0.717, 1.165) is 30.7 Å². The Morgan fingerprint density at radius 3 is 2.69 bits per heavy atom. The maximum atomic E-state index is 12.4. The van der Waals surface area contributed by atoms with Gasteiger partial charge >= 0.3 is 5.91 Å². The van der Waals surface area contributed by atoms with Crippen LogP contribution in [0.5, 0.6) is 0 Å². The molecule has 0 saturated carbocycles. The van der Waals surface area contributed by atoms with Crippen LogP contribution in [0, 0.1) is 0 Å². The smallest absolute Gasteiger partial charge is 0.301 e.